The van der Waals surface area contributed by atoms with E-state index >= 15 is 0 Å². The number of ether oxygens (including phenoxy) is 2. The topological polar surface area (TPSA) is 88.1 Å². The molecule has 7 nitrogen and oxygen atoms in total. The van der Waals surface area contributed by atoms with E-state index in [1.807, 2.05) is 0 Å². The maximum Gasteiger partial charge on any atom is 0.407 e. The minimum Gasteiger partial charge on any atom is -0.480 e. The normalized spacial score (nSPS) is 18.7. The SMILES string of the molecule is CC(C)(C)OC(=O)NCC(C(=O)O)N1CCOCC1. The molecule has 1 rings (SSSR count). The van der Waals surface area contributed by atoms with Crippen molar-refractivity contribution < 1.29 is 24.2 Å². The van der Waals surface area contributed by atoms with Gasteiger partial charge in [-0.05, 0) is 20.8 Å². The lowest BCUT2D eigenvalue weighted by atomic mass is 10.2. The van der Waals surface area contributed by atoms with E-state index in [9.17, 15) is 14.7 Å². The first-order valence-electron chi connectivity index (χ1n) is 6.31. The zero-order chi connectivity index (χ0) is 14.5. The number of rotatable bonds is 4. The molecular weight excluding hydrogens is 252 g/mol. The predicted molar refractivity (Wildman–Crippen MR) is 68.1 cm³/mol. The number of hydrogen-bond acceptors (Lipinski definition) is 5. The van der Waals surface area contributed by atoms with E-state index in [1.165, 1.54) is 0 Å². The van der Waals surface area contributed by atoms with Gasteiger partial charge in [0.2, 0.25) is 0 Å². The van der Waals surface area contributed by atoms with E-state index in [2.05, 4.69) is 5.32 Å². The van der Waals surface area contributed by atoms with Gasteiger partial charge in [-0.15, -0.1) is 0 Å². The molecule has 0 spiro atoms. The summed E-state index contributed by atoms with van der Waals surface area (Å²) >= 11 is 0. The molecule has 1 amide bonds. The number of morpholine rings is 1. The van der Waals surface area contributed by atoms with Crippen LogP contribution in [-0.4, -0.2) is 66.6 Å². The van der Waals surface area contributed by atoms with Crippen molar-refractivity contribution in [3.05, 3.63) is 0 Å². The van der Waals surface area contributed by atoms with Crippen LogP contribution in [0.5, 0.6) is 0 Å². The molecular formula is C12H22N2O5. The molecule has 0 radical (unpaired) electrons. The van der Waals surface area contributed by atoms with Crippen LogP contribution in [0.25, 0.3) is 0 Å². The lowest BCUT2D eigenvalue weighted by molar-refractivity contribution is -0.144. The van der Waals surface area contributed by atoms with Gasteiger partial charge in [0, 0.05) is 19.6 Å². The second-order valence-electron chi connectivity index (χ2n) is 5.39. The molecule has 1 heterocycles. The van der Waals surface area contributed by atoms with Crippen LogP contribution in [-0.2, 0) is 14.3 Å². The van der Waals surface area contributed by atoms with Crippen LogP contribution >= 0.6 is 0 Å². The molecule has 0 aromatic rings. The Labute approximate surface area is 112 Å². The Bertz CT molecular complexity index is 321. The summed E-state index contributed by atoms with van der Waals surface area (Å²) in [5.74, 6) is -0.960. The lowest BCUT2D eigenvalue weighted by Gasteiger charge is -2.32. The smallest absolute Gasteiger partial charge is 0.407 e. The van der Waals surface area contributed by atoms with Crippen LogP contribution in [0.15, 0.2) is 0 Å². The summed E-state index contributed by atoms with van der Waals surface area (Å²) in [5, 5.41) is 11.7. The van der Waals surface area contributed by atoms with Gasteiger partial charge in [0.1, 0.15) is 11.6 Å². The van der Waals surface area contributed by atoms with Crippen LogP contribution in [0.3, 0.4) is 0 Å². The van der Waals surface area contributed by atoms with Gasteiger partial charge in [0.25, 0.3) is 0 Å². The molecule has 0 aromatic heterocycles. The number of nitrogens with zero attached hydrogens (tertiary/aromatic N) is 1. The second kappa shape index (κ2) is 6.72. The molecule has 1 aliphatic rings. The maximum absolute atomic E-state index is 11.5. The van der Waals surface area contributed by atoms with Gasteiger partial charge >= 0.3 is 12.1 Å². The van der Waals surface area contributed by atoms with Crippen molar-refractivity contribution in [2.24, 2.45) is 0 Å². The number of nitrogens with one attached hydrogen (secondary N) is 1. The summed E-state index contributed by atoms with van der Waals surface area (Å²) < 4.78 is 10.2. The van der Waals surface area contributed by atoms with Crippen LogP contribution in [0, 0.1) is 0 Å². The monoisotopic (exact) mass is 274 g/mol. The number of carboxylic acid groups (broad SMARTS) is 1. The first-order chi connectivity index (χ1) is 8.79. The van der Waals surface area contributed by atoms with E-state index < -0.39 is 23.7 Å². The number of aliphatic carboxylic acids is 1. The highest BCUT2D eigenvalue weighted by Gasteiger charge is 2.28. The standard InChI is InChI=1S/C12H22N2O5/c1-12(2,3)19-11(17)13-8-9(10(15)16)14-4-6-18-7-5-14/h9H,4-8H2,1-3H3,(H,13,17)(H,15,16). The number of alkyl carbamates (subject to hydrolysis) is 1. The van der Waals surface area contributed by atoms with Crippen molar-refractivity contribution in [2.45, 2.75) is 32.4 Å². The summed E-state index contributed by atoms with van der Waals surface area (Å²) in [6.07, 6.45) is -0.605. The molecule has 0 bridgehead atoms. The van der Waals surface area contributed by atoms with Gasteiger partial charge in [-0.25, -0.2) is 4.79 Å². The number of carboxylic acids is 1. The molecule has 1 aliphatic heterocycles. The molecule has 1 atom stereocenters. The molecule has 0 saturated carbocycles. The van der Waals surface area contributed by atoms with Gasteiger partial charge in [-0.2, -0.15) is 0 Å². The van der Waals surface area contributed by atoms with Gasteiger partial charge in [0.15, 0.2) is 0 Å². The Morgan fingerprint density at radius 1 is 1.37 bits per heavy atom. The van der Waals surface area contributed by atoms with Crippen molar-refractivity contribution >= 4 is 12.1 Å². The molecule has 1 unspecified atom stereocenters. The fraction of sp³-hybridized carbons (Fsp3) is 0.833. The fourth-order valence-corrected chi connectivity index (χ4v) is 1.76. The number of amides is 1. The lowest BCUT2D eigenvalue weighted by Crippen LogP contribution is -2.52. The minimum atomic E-state index is -0.960. The Kier molecular flexibility index (Phi) is 5.56. The first kappa shape index (κ1) is 15.7. The van der Waals surface area contributed by atoms with Crippen molar-refractivity contribution in [1.29, 1.82) is 0 Å². The quantitative estimate of drug-likeness (QED) is 0.766. The average molecular weight is 274 g/mol. The third kappa shape index (κ3) is 5.89. The van der Waals surface area contributed by atoms with Crippen molar-refractivity contribution in [3.8, 4) is 0 Å². The summed E-state index contributed by atoms with van der Waals surface area (Å²) in [7, 11) is 0. The fourth-order valence-electron chi connectivity index (χ4n) is 1.76. The average Bonchev–Trinajstić information content (AvgIpc) is 2.27. The zero-order valence-corrected chi connectivity index (χ0v) is 11.6. The molecule has 110 valence electrons. The number of carbonyl (C=O) groups is 2. The van der Waals surface area contributed by atoms with E-state index in [0.29, 0.717) is 26.3 Å². The summed E-state index contributed by atoms with van der Waals surface area (Å²) in [6, 6.07) is -0.753. The number of hydrogen-bond donors (Lipinski definition) is 2. The van der Waals surface area contributed by atoms with Crippen molar-refractivity contribution in [1.82, 2.24) is 10.2 Å². The Morgan fingerprint density at radius 2 is 1.95 bits per heavy atom. The van der Waals surface area contributed by atoms with Crippen LogP contribution in [0.1, 0.15) is 20.8 Å². The first-order valence-corrected chi connectivity index (χ1v) is 6.31. The highest BCUT2D eigenvalue weighted by molar-refractivity contribution is 5.75. The Balaban J connectivity index is 2.45. The van der Waals surface area contributed by atoms with E-state index in [1.54, 1.807) is 25.7 Å². The Morgan fingerprint density at radius 3 is 2.42 bits per heavy atom. The molecule has 7 heteroatoms. The zero-order valence-electron chi connectivity index (χ0n) is 11.6. The summed E-state index contributed by atoms with van der Waals surface area (Å²) in [6.45, 7) is 7.40. The van der Waals surface area contributed by atoms with Crippen molar-refractivity contribution in [3.63, 3.8) is 0 Å². The van der Waals surface area contributed by atoms with Crippen LogP contribution < -0.4 is 5.32 Å². The van der Waals surface area contributed by atoms with Crippen LogP contribution in [0.2, 0.25) is 0 Å². The van der Waals surface area contributed by atoms with Crippen molar-refractivity contribution in [2.75, 3.05) is 32.8 Å². The summed E-state index contributed by atoms with van der Waals surface area (Å²) in [5.41, 5.74) is -0.595. The largest absolute Gasteiger partial charge is 0.480 e. The van der Waals surface area contributed by atoms with E-state index in [4.69, 9.17) is 9.47 Å². The molecule has 2 N–H and O–H groups in total. The molecule has 1 fully saturated rings. The van der Waals surface area contributed by atoms with Gasteiger partial charge in [-0.1, -0.05) is 0 Å². The third-order valence-corrected chi connectivity index (χ3v) is 2.61. The molecule has 0 aliphatic carbocycles. The highest BCUT2D eigenvalue weighted by Crippen LogP contribution is 2.07. The highest BCUT2D eigenvalue weighted by atomic mass is 16.6. The van der Waals surface area contributed by atoms with Crippen LogP contribution in [0.4, 0.5) is 4.79 Å². The maximum atomic E-state index is 11.5. The van der Waals surface area contributed by atoms with E-state index in [-0.39, 0.29) is 6.54 Å². The van der Waals surface area contributed by atoms with Gasteiger partial charge in [0.05, 0.1) is 13.2 Å². The molecule has 0 aromatic carbocycles. The summed E-state index contributed by atoms with van der Waals surface area (Å²) in [4.78, 5) is 24.5. The Hall–Kier alpha value is -1.34. The minimum absolute atomic E-state index is 0.0181. The van der Waals surface area contributed by atoms with E-state index in [0.717, 1.165) is 0 Å². The second-order valence-corrected chi connectivity index (χ2v) is 5.39. The molecule has 19 heavy (non-hydrogen) atoms. The van der Waals surface area contributed by atoms with Gasteiger partial charge < -0.3 is 19.9 Å². The number of carbonyl (C=O) groups excluding carboxylic acids is 1. The van der Waals surface area contributed by atoms with Gasteiger partial charge in [-0.3, -0.25) is 9.69 Å². The third-order valence-electron chi connectivity index (χ3n) is 2.61. The molecule has 1 saturated heterocycles. The predicted octanol–water partition coefficient (Wildman–Crippen LogP) is 0.297.